The maximum Gasteiger partial charge on any atom is 0.243 e. The van der Waals surface area contributed by atoms with Crippen LogP contribution in [0.2, 0.25) is 5.02 Å². The number of halogens is 1. The molecule has 14 nitrogen and oxygen atoms in total. The number of aryl methyl sites for hydroxylation is 4. The molecule has 0 aliphatic carbocycles. The van der Waals surface area contributed by atoms with Crippen molar-refractivity contribution in [1.82, 2.24) is 34.4 Å². The lowest BCUT2D eigenvalue weighted by Crippen LogP contribution is -2.50. The number of amides is 2. The minimum Gasteiger partial charge on any atom is -0.497 e. The molecule has 58 heavy (non-hydrogen) atoms. The van der Waals surface area contributed by atoms with E-state index in [9.17, 15) is 18.0 Å². The van der Waals surface area contributed by atoms with E-state index in [4.69, 9.17) is 25.9 Å². The fraction of sp³-hybridized carbons (Fsp3) is 0.381. The Bertz CT molecular complexity index is 2450. The van der Waals surface area contributed by atoms with Crippen molar-refractivity contribution in [1.29, 1.82) is 0 Å². The molecular formula is C42H47ClN8O6S. The molecule has 7 rings (SSSR count). The molecule has 304 valence electrons. The molecule has 2 aliphatic heterocycles. The van der Waals surface area contributed by atoms with Crippen molar-refractivity contribution >= 4 is 39.2 Å². The zero-order valence-electron chi connectivity index (χ0n) is 33.3. The molecule has 4 heterocycles. The molecule has 2 aliphatic rings. The first-order valence-electron chi connectivity index (χ1n) is 19.4. The number of nitrogens with one attached hydrogen (secondary N) is 1. The Morgan fingerprint density at radius 1 is 0.914 bits per heavy atom. The minimum atomic E-state index is -3.79. The number of hydrogen-bond acceptors (Lipinski definition) is 10. The number of carbonyl (C=O) groups excluding carboxylic acids is 2. The van der Waals surface area contributed by atoms with Gasteiger partial charge in [0.15, 0.2) is 5.82 Å². The van der Waals surface area contributed by atoms with Crippen molar-refractivity contribution < 1.29 is 27.3 Å². The fourth-order valence-electron chi connectivity index (χ4n) is 7.63. The van der Waals surface area contributed by atoms with Gasteiger partial charge in [0.05, 0.1) is 35.5 Å². The van der Waals surface area contributed by atoms with Crippen molar-refractivity contribution in [3.8, 4) is 22.6 Å². The third kappa shape index (κ3) is 8.43. The van der Waals surface area contributed by atoms with Crippen molar-refractivity contribution in [2.45, 2.75) is 70.7 Å². The van der Waals surface area contributed by atoms with Gasteiger partial charge in [-0.3, -0.25) is 19.1 Å². The topological polar surface area (TPSA) is 165 Å². The minimum absolute atomic E-state index is 0.00147. The molecule has 0 spiro atoms. The predicted octanol–water partition coefficient (Wildman–Crippen LogP) is 6.31. The first-order chi connectivity index (χ1) is 27.8. The highest BCUT2D eigenvalue weighted by Gasteiger charge is 2.32. The molecule has 0 saturated carbocycles. The molecule has 1 N–H and O–H groups in total. The summed E-state index contributed by atoms with van der Waals surface area (Å²) in [7, 11) is -2.17. The predicted molar refractivity (Wildman–Crippen MR) is 220 cm³/mol. The summed E-state index contributed by atoms with van der Waals surface area (Å²) in [5.41, 5.74) is 6.06. The number of ether oxygens (including phenoxy) is 1. The molecule has 0 unspecified atom stereocenters. The first kappa shape index (κ1) is 40.8. The van der Waals surface area contributed by atoms with Gasteiger partial charge in [-0.2, -0.15) is 4.31 Å². The summed E-state index contributed by atoms with van der Waals surface area (Å²) >= 11 is 6.22. The summed E-state index contributed by atoms with van der Waals surface area (Å²) < 4.78 is 41.8. The number of aromatic nitrogens is 4. The van der Waals surface area contributed by atoms with Crippen LogP contribution in [-0.2, 0) is 19.6 Å². The molecule has 16 heteroatoms. The zero-order chi connectivity index (χ0) is 41.1. The Balaban J connectivity index is 0.902. The van der Waals surface area contributed by atoms with Gasteiger partial charge in [-0.1, -0.05) is 47.4 Å². The number of fused-ring (bicyclic) bond motifs is 3. The van der Waals surface area contributed by atoms with E-state index in [1.165, 1.54) is 4.31 Å². The second-order valence-corrected chi connectivity index (χ2v) is 17.0. The lowest BCUT2D eigenvalue weighted by molar-refractivity contribution is -0.132. The van der Waals surface area contributed by atoms with Crippen molar-refractivity contribution in [3.05, 3.63) is 105 Å². The SMILES string of the molecule is COc1ccc2c(c1)C(c1ccc(Cl)cc1)=N[C@@H](CC(=O)NCCCCCC(=O)N1CCN(S(=O)(=O)c3cc(-c4c(C)noc4C)ccc3C)CC1)c1nnc(C)n1-2. The van der Waals surface area contributed by atoms with E-state index in [2.05, 4.69) is 20.7 Å². The summed E-state index contributed by atoms with van der Waals surface area (Å²) in [4.78, 5) is 33.6. The number of hydrogen-bond donors (Lipinski definition) is 1. The van der Waals surface area contributed by atoms with Gasteiger partial charge in [0.25, 0.3) is 0 Å². The van der Waals surface area contributed by atoms with Gasteiger partial charge >= 0.3 is 0 Å². The van der Waals surface area contributed by atoms with Gasteiger partial charge in [-0.15, -0.1) is 10.2 Å². The van der Waals surface area contributed by atoms with Crippen LogP contribution < -0.4 is 10.1 Å². The van der Waals surface area contributed by atoms with E-state index >= 15 is 0 Å². The maximum atomic E-state index is 13.8. The molecular weight excluding hydrogens is 780 g/mol. The largest absolute Gasteiger partial charge is 0.497 e. The van der Waals surface area contributed by atoms with Crippen molar-refractivity contribution in [3.63, 3.8) is 0 Å². The second-order valence-electron chi connectivity index (χ2n) is 14.7. The van der Waals surface area contributed by atoms with E-state index in [1.54, 1.807) is 38.0 Å². The van der Waals surface area contributed by atoms with Crippen molar-refractivity contribution in [2.24, 2.45) is 4.99 Å². The summed E-state index contributed by atoms with van der Waals surface area (Å²) in [5.74, 6) is 2.36. The van der Waals surface area contributed by atoms with Crippen LogP contribution in [0, 0.1) is 27.7 Å². The number of unbranched alkanes of at least 4 members (excludes halogenated alkanes) is 2. The van der Waals surface area contributed by atoms with Crippen LogP contribution in [0.5, 0.6) is 5.75 Å². The summed E-state index contributed by atoms with van der Waals surface area (Å²) in [6.45, 7) is 8.83. The lowest BCUT2D eigenvalue weighted by Gasteiger charge is -2.34. The maximum absolute atomic E-state index is 13.8. The van der Waals surface area contributed by atoms with E-state index in [0.717, 1.165) is 34.4 Å². The number of carbonyl (C=O) groups is 2. The van der Waals surface area contributed by atoms with Crippen LogP contribution in [0.15, 0.2) is 75.1 Å². The summed E-state index contributed by atoms with van der Waals surface area (Å²) in [5, 5.41) is 16.4. The highest BCUT2D eigenvalue weighted by molar-refractivity contribution is 7.89. The average molecular weight is 827 g/mol. The standard InChI is InChI=1S/C42H47ClN8O6S/c1-26-10-11-31(40-27(2)48-57-28(40)3)23-37(26)58(54,55)50-21-19-49(20-22-50)39(53)9-7-6-8-18-44-38(52)25-35-42-47-46-29(4)51(42)36-17-16-33(56-5)24-34(36)41(45-35)30-12-14-32(43)15-13-30/h10-17,23-24,35H,6-9,18-22,25H2,1-5H3,(H,44,52)/t35-/m0/s1. The van der Waals surface area contributed by atoms with Gasteiger partial charge in [0.1, 0.15) is 23.4 Å². The number of piperazine rings is 1. The van der Waals surface area contributed by atoms with Crippen LogP contribution in [0.25, 0.3) is 16.8 Å². The van der Waals surface area contributed by atoms with Gasteiger partial charge in [0, 0.05) is 60.9 Å². The number of rotatable bonds is 13. The Hall–Kier alpha value is -5.38. The molecule has 1 saturated heterocycles. The Morgan fingerprint density at radius 2 is 1.66 bits per heavy atom. The van der Waals surface area contributed by atoms with E-state index in [-0.39, 0.29) is 36.2 Å². The lowest BCUT2D eigenvalue weighted by atomic mass is 10.00. The highest BCUT2D eigenvalue weighted by Crippen LogP contribution is 2.35. The molecule has 5 aromatic rings. The molecule has 0 bridgehead atoms. The van der Waals surface area contributed by atoms with Gasteiger partial charge in [0.2, 0.25) is 21.8 Å². The Labute approximate surface area is 343 Å². The van der Waals surface area contributed by atoms with E-state index in [0.29, 0.717) is 84.0 Å². The second kappa shape index (κ2) is 17.2. The molecule has 1 atom stereocenters. The smallest absolute Gasteiger partial charge is 0.243 e. The van der Waals surface area contributed by atoms with Crippen LogP contribution >= 0.6 is 11.6 Å². The molecule has 0 radical (unpaired) electrons. The Kier molecular flexibility index (Phi) is 12.1. The van der Waals surface area contributed by atoms with E-state index < -0.39 is 16.1 Å². The van der Waals surface area contributed by atoms with E-state index in [1.807, 2.05) is 66.9 Å². The highest BCUT2D eigenvalue weighted by atomic mass is 35.5. The normalized spacial score (nSPS) is 15.7. The third-order valence-corrected chi connectivity index (χ3v) is 13.0. The zero-order valence-corrected chi connectivity index (χ0v) is 34.9. The van der Waals surface area contributed by atoms with Crippen LogP contribution in [0.1, 0.15) is 77.9 Å². The first-order valence-corrected chi connectivity index (χ1v) is 21.2. The number of benzene rings is 3. The van der Waals surface area contributed by atoms with Crippen LogP contribution in [0.4, 0.5) is 0 Å². The monoisotopic (exact) mass is 826 g/mol. The van der Waals surface area contributed by atoms with Gasteiger partial charge in [-0.25, -0.2) is 8.42 Å². The number of aliphatic imine (C=N–C) groups is 1. The average Bonchev–Trinajstić information content (AvgIpc) is 3.73. The van der Waals surface area contributed by atoms with Crippen LogP contribution in [-0.4, -0.2) is 94.9 Å². The molecule has 2 aromatic heterocycles. The Morgan fingerprint density at radius 3 is 2.36 bits per heavy atom. The number of nitrogens with zero attached hydrogens (tertiary/aromatic N) is 7. The number of methoxy groups -OCH3 is 1. The quantitative estimate of drug-likeness (QED) is 0.134. The number of sulfonamides is 1. The molecule has 1 fully saturated rings. The van der Waals surface area contributed by atoms with Crippen molar-refractivity contribution in [2.75, 3.05) is 39.8 Å². The fourth-order valence-corrected chi connectivity index (χ4v) is 9.43. The van der Waals surface area contributed by atoms with Gasteiger partial charge < -0.3 is 19.5 Å². The summed E-state index contributed by atoms with van der Waals surface area (Å²) in [6.07, 6.45) is 2.51. The summed E-state index contributed by atoms with van der Waals surface area (Å²) in [6, 6.07) is 17.9. The molecule has 2 amide bonds. The van der Waals surface area contributed by atoms with Crippen LogP contribution in [0.3, 0.4) is 0 Å². The third-order valence-electron chi connectivity index (χ3n) is 10.7. The van der Waals surface area contributed by atoms with Gasteiger partial charge in [-0.05, 0) is 88.1 Å². The molecule has 3 aromatic carbocycles.